The quantitative estimate of drug-likeness (QED) is 0.901. The molecular formula is C15H25N3O2S. The molecule has 0 aliphatic carbocycles. The first-order valence-electron chi connectivity index (χ1n) is 7.47. The van der Waals surface area contributed by atoms with Crippen molar-refractivity contribution in [3.63, 3.8) is 0 Å². The molecule has 0 spiro atoms. The van der Waals surface area contributed by atoms with Crippen LogP contribution >= 0.6 is 0 Å². The van der Waals surface area contributed by atoms with Gasteiger partial charge in [0, 0.05) is 25.8 Å². The van der Waals surface area contributed by atoms with Gasteiger partial charge < -0.3 is 10.2 Å². The average molecular weight is 311 g/mol. The molecule has 2 rings (SSSR count). The summed E-state index contributed by atoms with van der Waals surface area (Å²) in [4.78, 5) is 2.72. The fraction of sp³-hybridized carbons (Fsp3) is 0.600. The van der Waals surface area contributed by atoms with Crippen LogP contribution in [0.3, 0.4) is 0 Å². The summed E-state index contributed by atoms with van der Waals surface area (Å²) in [7, 11) is 0.118. The van der Waals surface area contributed by atoms with Crippen LogP contribution in [0, 0.1) is 0 Å². The zero-order chi connectivity index (χ0) is 15.5. The van der Waals surface area contributed by atoms with E-state index >= 15 is 0 Å². The summed E-state index contributed by atoms with van der Waals surface area (Å²) in [5.41, 5.74) is 0.910. The van der Waals surface area contributed by atoms with Gasteiger partial charge >= 0.3 is 0 Å². The van der Waals surface area contributed by atoms with Gasteiger partial charge in [-0.15, -0.1) is 0 Å². The zero-order valence-corrected chi connectivity index (χ0v) is 13.9. The van der Waals surface area contributed by atoms with Crippen molar-refractivity contribution in [2.24, 2.45) is 0 Å². The van der Waals surface area contributed by atoms with E-state index in [1.807, 2.05) is 7.05 Å². The van der Waals surface area contributed by atoms with Crippen LogP contribution in [0.15, 0.2) is 29.2 Å². The summed E-state index contributed by atoms with van der Waals surface area (Å²) in [5.74, 6) is 0. The van der Waals surface area contributed by atoms with Crippen LogP contribution in [0.1, 0.15) is 19.8 Å². The fourth-order valence-electron chi connectivity index (χ4n) is 2.76. The van der Waals surface area contributed by atoms with Crippen molar-refractivity contribution >= 4 is 15.7 Å². The maximum Gasteiger partial charge on any atom is 0.243 e. The smallest absolute Gasteiger partial charge is 0.243 e. The Morgan fingerprint density at radius 3 is 2.29 bits per heavy atom. The van der Waals surface area contributed by atoms with Crippen molar-refractivity contribution in [3.05, 3.63) is 24.3 Å². The molecule has 5 nitrogen and oxygen atoms in total. The molecule has 1 saturated heterocycles. The van der Waals surface area contributed by atoms with E-state index in [4.69, 9.17) is 0 Å². The van der Waals surface area contributed by atoms with E-state index in [0.29, 0.717) is 4.90 Å². The highest BCUT2D eigenvalue weighted by atomic mass is 32.2. The summed E-state index contributed by atoms with van der Waals surface area (Å²) in [6, 6.07) is 7.01. The molecule has 1 aromatic rings. The number of rotatable bonds is 5. The number of benzene rings is 1. The molecule has 1 aliphatic heterocycles. The van der Waals surface area contributed by atoms with E-state index in [9.17, 15) is 8.42 Å². The number of anilines is 1. The van der Waals surface area contributed by atoms with E-state index in [0.717, 1.165) is 38.2 Å². The molecule has 0 amide bonds. The second kappa shape index (κ2) is 6.77. The van der Waals surface area contributed by atoms with E-state index in [2.05, 4.69) is 17.1 Å². The van der Waals surface area contributed by atoms with Gasteiger partial charge in [0.1, 0.15) is 0 Å². The van der Waals surface area contributed by atoms with Crippen molar-refractivity contribution in [1.29, 1.82) is 0 Å². The standard InChI is InChI=1S/C15H25N3O2S/c1-4-18-11-9-14(10-12-18)17(3)21(19,20)15-7-5-13(16-2)6-8-15/h5-8,14,16H,4,9-12H2,1-3H3. The first-order chi connectivity index (χ1) is 9.98. The highest BCUT2D eigenvalue weighted by Crippen LogP contribution is 2.23. The average Bonchev–Trinajstić information content (AvgIpc) is 2.54. The SMILES string of the molecule is CCN1CCC(N(C)S(=O)(=O)c2ccc(NC)cc2)CC1. The largest absolute Gasteiger partial charge is 0.388 e. The predicted octanol–water partition coefficient (Wildman–Crippen LogP) is 1.83. The van der Waals surface area contributed by atoms with Crippen LogP contribution in [-0.2, 0) is 10.0 Å². The van der Waals surface area contributed by atoms with Crippen molar-refractivity contribution in [3.8, 4) is 0 Å². The van der Waals surface area contributed by atoms with Crippen molar-refractivity contribution in [1.82, 2.24) is 9.21 Å². The van der Waals surface area contributed by atoms with Crippen molar-refractivity contribution < 1.29 is 8.42 Å². The Bertz CT molecular complexity index is 549. The Morgan fingerprint density at radius 2 is 1.81 bits per heavy atom. The lowest BCUT2D eigenvalue weighted by atomic mass is 10.1. The lowest BCUT2D eigenvalue weighted by molar-refractivity contribution is 0.176. The van der Waals surface area contributed by atoms with Gasteiger partial charge in [-0.2, -0.15) is 4.31 Å². The summed E-state index contributed by atoms with van der Waals surface area (Å²) in [5, 5.41) is 3.00. The van der Waals surface area contributed by atoms with E-state index in [1.165, 1.54) is 0 Å². The molecule has 21 heavy (non-hydrogen) atoms. The first-order valence-corrected chi connectivity index (χ1v) is 8.91. The predicted molar refractivity (Wildman–Crippen MR) is 86.1 cm³/mol. The minimum atomic E-state index is -3.40. The van der Waals surface area contributed by atoms with Crippen molar-refractivity contribution in [2.75, 3.05) is 39.0 Å². The van der Waals surface area contributed by atoms with Crippen LogP contribution in [0.2, 0.25) is 0 Å². The van der Waals surface area contributed by atoms with Gasteiger partial charge in [-0.1, -0.05) is 6.92 Å². The Balaban J connectivity index is 2.11. The minimum absolute atomic E-state index is 0.0989. The molecule has 1 fully saturated rings. The molecule has 1 aliphatic rings. The number of nitrogens with one attached hydrogen (secondary N) is 1. The van der Waals surface area contributed by atoms with Gasteiger partial charge in [-0.05, 0) is 56.7 Å². The molecule has 0 aromatic heterocycles. The number of likely N-dealkylation sites (tertiary alicyclic amines) is 1. The number of nitrogens with zero attached hydrogens (tertiary/aromatic N) is 2. The van der Waals surface area contributed by atoms with Crippen LogP contribution in [0.5, 0.6) is 0 Å². The normalized spacial score (nSPS) is 18.1. The van der Waals surface area contributed by atoms with Gasteiger partial charge in [-0.3, -0.25) is 0 Å². The van der Waals surface area contributed by atoms with Gasteiger partial charge in [-0.25, -0.2) is 8.42 Å². The minimum Gasteiger partial charge on any atom is -0.388 e. The van der Waals surface area contributed by atoms with Crippen LogP contribution < -0.4 is 5.32 Å². The lowest BCUT2D eigenvalue weighted by Gasteiger charge is -2.35. The topological polar surface area (TPSA) is 52.7 Å². The molecular weight excluding hydrogens is 286 g/mol. The maximum absolute atomic E-state index is 12.7. The Kier molecular flexibility index (Phi) is 5.24. The molecule has 1 N–H and O–H groups in total. The summed E-state index contributed by atoms with van der Waals surface area (Å²) < 4.78 is 26.9. The van der Waals surface area contributed by atoms with E-state index in [-0.39, 0.29) is 6.04 Å². The highest BCUT2D eigenvalue weighted by Gasteiger charge is 2.30. The number of hydrogen-bond donors (Lipinski definition) is 1. The zero-order valence-electron chi connectivity index (χ0n) is 13.0. The first kappa shape index (κ1) is 16.3. The Morgan fingerprint density at radius 1 is 1.24 bits per heavy atom. The van der Waals surface area contributed by atoms with Crippen LogP contribution in [0.25, 0.3) is 0 Å². The molecule has 0 radical (unpaired) electrons. The van der Waals surface area contributed by atoms with E-state index < -0.39 is 10.0 Å². The Hall–Kier alpha value is -1.11. The summed E-state index contributed by atoms with van der Waals surface area (Å²) in [6.45, 7) is 5.12. The van der Waals surface area contributed by atoms with E-state index in [1.54, 1.807) is 35.6 Å². The Labute approximate surface area is 128 Å². The van der Waals surface area contributed by atoms with Gasteiger partial charge in [0.25, 0.3) is 0 Å². The van der Waals surface area contributed by atoms with Gasteiger partial charge in [0.15, 0.2) is 0 Å². The fourth-order valence-corrected chi connectivity index (χ4v) is 4.17. The number of piperidine rings is 1. The summed E-state index contributed by atoms with van der Waals surface area (Å²) in [6.07, 6.45) is 1.80. The summed E-state index contributed by atoms with van der Waals surface area (Å²) >= 11 is 0. The molecule has 1 aromatic carbocycles. The molecule has 0 unspecified atom stereocenters. The van der Waals surface area contributed by atoms with Gasteiger partial charge in [0.05, 0.1) is 4.90 Å². The second-order valence-electron chi connectivity index (χ2n) is 5.46. The molecule has 0 atom stereocenters. The second-order valence-corrected chi connectivity index (χ2v) is 7.46. The van der Waals surface area contributed by atoms with Crippen LogP contribution in [-0.4, -0.2) is 57.4 Å². The third-order valence-corrected chi connectivity index (χ3v) is 6.26. The molecule has 1 heterocycles. The van der Waals surface area contributed by atoms with Crippen LogP contribution in [0.4, 0.5) is 5.69 Å². The van der Waals surface area contributed by atoms with Gasteiger partial charge in [0.2, 0.25) is 10.0 Å². The molecule has 0 saturated carbocycles. The molecule has 118 valence electrons. The molecule has 0 bridgehead atoms. The number of hydrogen-bond acceptors (Lipinski definition) is 4. The number of sulfonamides is 1. The monoisotopic (exact) mass is 311 g/mol. The highest BCUT2D eigenvalue weighted by molar-refractivity contribution is 7.89. The third-order valence-electron chi connectivity index (χ3n) is 4.34. The third kappa shape index (κ3) is 3.56. The lowest BCUT2D eigenvalue weighted by Crippen LogP contribution is -2.45. The van der Waals surface area contributed by atoms with Crippen molar-refractivity contribution in [2.45, 2.75) is 30.7 Å². The molecule has 6 heteroatoms. The maximum atomic E-state index is 12.7.